The van der Waals surface area contributed by atoms with Gasteiger partial charge in [0, 0.05) is 11.0 Å². The number of benzene rings is 1. The molecule has 0 fully saturated rings. The van der Waals surface area contributed by atoms with E-state index in [1.807, 2.05) is 6.08 Å². The summed E-state index contributed by atoms with van der Waals surface area (Å²) in [4.78, 5) is 0. The largest absolute Gasteiger partial charge is 0.416 e. The second kappa shape index (κ2) is 5.50. The molecule has 16 heavy (non-hydrogen) atoms. The first-order chi connectivity index (χ1) is 7.45. The maximum absolute atomic E-state index is 12.4. The van der Waals surface area contributed by atoms with Crippen molar-refractivity contribution >= 4 is 22.0 Å². The van der Waals surface area contributed by atoms with Crippen LogP contribution in [0.5, 0.6) is 0 Å². The lowest BCUT2D eigenvalue weighted by atomic mass is 10.1. The number of likely N-dealkylation sites (N-methyl/N-ethyl adjacent to an activating group) is 1. The summed E-state index contributed by atoms with van der Waals surface area (Å²) in [5.74, 6) is 0. The van der Waals surface area contributed by atoms with Crippen molar-refractivity contribution in [3.05, 3.63) is 39.9 Å². The summed E-state index contributed by atoms with van der Waals surface area (Å²) in [5.41, 5.74) is 0.0772. The van der Waals surface area contributed by atoms with Crippen LogP contribution in [-0.2, 0) is 6.18 Å². The fourth-order valence-corrected chi connectivity index (χ4v) is 1.65. The van der Waals surface area contributed by atoms with Crippen LogP contribution in [0.1, 0.15) is 11.1 Å². The Morgan fingerprint density at radius 3 is 2.56 bits per heavy atom. The lowest BCUT2D eigenvalue weighted by Gasteiger charge is -2.08. The molecule has 0 saturated carbocycles. The van der Waals surface area contributed by atoms with E-state index in [1.54, 1.807) is 13.1 Å². The Kier molecular flexibility index (Phi) is 4.56. The average Bonchev–Trinajstić information content (AvgIpc) is 2.19. The Labute approximate surface area is 100 Å². The quantitative estimate of drug-likeness (QED) is 0.896. The van der Waals surface area contributed by atoms with Gasteiger partial charge in [-0.05, 0) is 24.7 Å². The summed E-state index contributed by atoms with van der Waals surface area (Å²) < 4.78 is 37.5. The SMILES string of the molecule is CNCC=Cc1ccc(C(F)(F)F)cc1Br. The van der Waals surface area contributed by atoms with Crippen molar-refractivity contribution in [1.82, 2.24) is 5.32 Å². The molecular weight excluding hydrogens is 283 g/mol. The van der Waals surface area contributed by atoms with E-state index in [2.05, 4.69) is 21.2 Å². The lowest BCUT2D eigenvalue weighted by Crippen LogP contribution is -2.05. The normalized spacial score (nSPS) is 12.3. The smallest absolute Gasteiger partial charge is 0.316 e. The minimum atomic E-state index is -4.30. The number of nitrogens with one attached hydrogen (secondary N) is 1. The molecule has 0 saturated heterocycles. The van der Waals surface area contributed by atoms with Crippen molar-refractivity contribution in [2.45, 2.75) is 6.18 Å². The highest BCUT2D eigenvalue weighted by Crippen LogP contribution is 2.32. The second-order valence-electron chi connectivity index (χ2n) is 3.19. The summed E-state index contributed by atoms with van der Waals surface area (Å²) in [5, 5.41) is 2.91. The van der Waals surface area contributed by atoms with Gasteiger partial charge in [0.05, 0.1) is 5.56 Å². The highest BCUT2D eigenvalue weighted by atomic mass is 79.9. The van der Waals surface area contributed by atoms with Crippen molar-refractivity contribution in [2.75, 3.05) is 13.6 Å². The van der Waals surface area contributed by atoms with Gasteiger partial charge in [-0.25, -0.2) is 0 Å². The van der Waals surface area contributed by atoms with Gasteiger partial charge >= 0.3 is 6.18 Å². The van der Waals surface area contributed by atoms with Gasteiger partial charge in [-0.3, -0.25) is 0 Å². The fraction of sp³-hybridized carbons (Fsp3) is 0.273. The van der Waals surface area contributed by atoms with Gasteiger partial charge in [0.2, 0.25) is 0 Å². The lowest BCUT2D eigenvalue weighted by molar-refractivity contribution is -0.137. The Morgan fingerprint density at radius 2 is 2.06 bits per heavy atom. The molecule has 1 rings (SSSR count). The highest BCUT2D eigenvalue weighted by Gasteiger charge is 2.30. The van der Waals surface area contributed by atoms with Crippen LogP contribution in [0.25, 0.3) is 6.08 Å². The molecule has 0 bridgehead atoms. The molecule has 0 heterocycles. The molecule has 0 aliphatic carbocycles. The Hall–Kier alpha value is -0.810. The van der Waals surface area contributed by atoms with Crippen molar-refractivity contribution in [3.8, 4) is 0 Å². The van der Waals surface area contributed by atoms with Crippen LogP contribution in [0.3, 0.4) is 0 Å². The van der Waals surface area contributed by atoms with Crippen LogP contribution in [-0.4, -0.2) is 13.6 Å². The number of hydrogen-bond donors (Lipinski definition) is 1. The molecule has 0 aromatic heterocycles. The van der Waals surface area contributed by atoms with Crippen LogP contribution in [0, 0.1) is 0 Å². The number of halogens is 4. The molecule has 0 radical (unpaired) electrons. The molecule has 0 aliphatic heterocycles. The van der Waals surface area contributed by atoms with E-state index in [-0.39, 0.29) is 0 Å². The van der Waals surface area contributed by atoms with E-state index in [1.165, 1.54) is 6.07 Å². The van der Waals surface area contributed by atoms with E-state index in [0.717, 1.165) is 17.7 Å². The van der Waals surface area contributed by atoms with Gasteiger partial charge in [0.25, 0.3) is 0 Å². The molecule has 1 N–H and O–H groups in total. The van der Waals surface area contributed by atoms with Crippen LogP contribution in [0.2, 0.25) is 0 Å². The molecule has 1 aromatic carbocycles. The maximum atomic E-state index is 12.4. The van der Waals surface area contributed by atoms with Crippen molar-refractivity contribution < 1.29 is 13.2 Å². The molecule has 88 valence electrons. The first kappa shape index (κ1) is 13.3. The topological polar surface area (TPSA) is 12.0 Å². The van der Waals surface area contributed by atoms with Crippen LogP contribution in [0.4, 0.5) is 13.2 Å². The average molecular weight is 294 g/mol. The molecule has 0 aliphatic rings. The number of rotatable bonds is 3. The first-order valence-electron chi connectivity index (χ1n) is 4.63. The van der Waals surface area contributed by atoms with Gasteiger partial charge < -0.3 is 5.32 Å². The summed E-state index contributed by atoms with van der Waals surface area (Å²) >= 11 is 3.12. The number of hydrogen-bond acceptors (Lipinski definition) is 1. The maximum Gasteiger partial charge on any atom is 0.416 e. The standard InChI is InChI=1S/C11H11BrF3N/c1-16-6-2-3-8-4-5-9(7-10(8)12)11(13,14)15/h2-5,7,16H,6H2,1H3. The van der Waals surface area contributed by atoms with Crippen LogP contribution < -0.4 is 5.32 Å². The minimum absolute atomic E-state index is 0.440. The Bertz CT molecular complexity index is 385. The third-order valence-corrected chi connectivity index (χ3v) is 2.63. The van der Waals surface area contributed by atoms with Crippen molar-refractivity contribution in [1.29, 1.82) is 0 Å². The Balaban J connectivity index is 2.92. The van der Waals surface area contributed by atoms with Crippen LogP contribution in [0.15, 0.2) is 28.7 Å². The zero-order valence-electron chi connectivity index (χ0n) is 8.61. The zero-order chi connectivity index (χ0) is 12.2. The predicted octanol–water partition coefficient (Wildman–Crippen LogP) is 3.70. The van der Waals surface area contributed by atoms with E-state index in [4.69, 9.17) is 0 Å². The van der Waals surface area contributed by atoms with Gasteiger partial charge in [0.15, 0.2) is 0 Å². The second-order valence-corrected chi connectivity index (χ2v) is 4.05. The molecule has 5 heteroatoms. The van der Waals surface area contributed by atoms with E-state index < -0.39 is 11.7 Å². The van der Waals surface area contributed by atoms with Gasteiger partial charge in [0.1, 0.15) is 0 Å². The summed E-state index contributed by atoms with van der Waals surface area (Å²) in [6.45, 7) is 0.674. The van der Waals surface area contributed by atoms with Crippen molar-refractivity contribution in [2.24, 2.45) is 0 Å². The molecule has 0 spiro atoms. The molecule has 0 unspecified atom stereocenters. The van der Waals surface area contributed by atoms with E-state index in [0.29, 0.717) is 11.0 Å². The number of alkyl halides is 3. The predicted molar refractivity (Wildman–Crippen MR) is 62.1 cm³/mol. The minimum Gasteiger partial charge on any atom is -0.316 e. The first-order valence-corrected chi connectivity index (χ1v) is 5.42. The molecule has 0 amide bonds. The van der Waals surface area contributed by atoms with Crippen LogP contribution >= 0.6 is 15.9 Å². The summed E-state index contributed by atoms with van der Waals surface area (Å²) in [7, 11) is 1.80. The monoisotopic (exact) mass is 293 g/mol. The van der Waals surface area contributed by atoms with Gasteiger partial charge in [-0.2, -0.15) is 13.2 Å². The van der Waals surface area contributed by atoms with E-state index in [9.17, 15) is 13.2 Å². The Morgan fingerprint density at radius 1 is 1.38 bits per heavy atom. The third kappa shape index (κ3) is 3.64. The highest BCUT2D eigenvalue weighted by molar-refractivity contribution is 9.10. The van der Waals surface area contributed by atoms with Crippen molar-refractivity contribution in [3.63, 3.8) is 0 Å². The van der Waals surface area contributed by atoms with E-state index >= 15 is 0 Å². The molecule has 0 atom stereocenters. The zero-order valence-corrected chi connectivity index (χ0v) is 10.2. The molecule has 1 aromatic rings. The molecule has 1 nitrogen and oxygen atoms in total. The van der Waals surface area contributed by atoms with Gasteiger partial charge in [-0.1, -0.05) is 34.1 Å². The summed E-state index contributed by atoms with van der Waals surface area (Å²) in [6.07, 6.45) is -0.691. The molecular formula is C11H11BrF3N. The van der Waals surface area contributed by atoms with Gasteiger partial charge in [-0.15, -0.1) is 0 Å². The summed E-state index contributed by atoms with van der Waals surface area (Å²) in [6, 6.07) is 3.60. The fourth-order valence-electron chi connectivity index (χ4n) is 1.14. The third-order valence-electron chi connectivity index (χ3n) is 1.95.